The number of nitrogens with zero attached hydrogens (tertiary/aromatic N) is 1. The summed E-state index contributed by atoms with van der Waals surface area (Å²) >= 11 is 0. The first-order valence-electron chi connectivity index (χ1n) is 17.8. The molecular weight excluding hydrogens is 627 g/mol. The van der Waals surface area contributed by atoms with Crippen LogP contribution in [0.4, 0.5) is 0 Å². The van der Waals surface area contributed by atoms with Crippen LogP contribution in [-0.4, -0.2) is 4.98 Å². The lowest BCUT2D eigenvalue weighted by Crippen LogP contribution is -1.92. The van der Waals surface area contributed by atoms with E-state index in [1.807, 2.05) is 0 Å². The van der Waals surface area contributed by atoms with E-state index >= 15 is 0 Å². The fourth-order valence-corrected chi connectivity index (χ4v) is 7.09. The third-order valence-corrected chi connectivity index (χ3v) is 9.83. The zero-order chi connectivity index (χ0) is 34.7. The van der Waals surface area contributed by atoms with E-state index in [9.17, 15) is 0 Å². The van der Waals surface area contributed by atoms with Gasteiger partial charge in [-0.3, -0.25) is 0 Å². The summed E-state index contributed by atoms with van der Waals surface area (Å²) < 4.78 is 0. The van der Waals surface area contributed by atoms with Gasteiger partial charge in [0, 0.05) is 11.1 Å². The van der Waals surface area contributed by atoms with Crippen LogP contribution in [0.25, 0.3) is 88.9 Å². The van der Waals surface area contributed by atoms with E-state index in [0.29, 0.717) is 0 Å². The maximum absolute atomic E-state index is 5.18. The van der Waals surface area contributed by atoms with Crippen LogP contribution in [0.2, 0.25) is 0 Å². The van der Waals surface area contributed by atoms with Crippen molar-refractivity contribution in [1.29, 1.82) is 0 Å². The van der Waals surface area contributed by atoms with Crippen molar-refractivity contribution in [2.45, 2.75) is 0 Å². The van der Waals surface area contributed by atoms with Gasteiger partial charge >= 0.3 is 0 Å². The Bertz CT molecular complexity index is 2670. The summed E-state index contributed by atoms with van der Waals surface area (Å²) in [5, 5.41) is 2.44. The van der Waals surface area contributed by atoms with E-state index in [0.717, 1.165) is 33.6 Å². The molecule has 0 N–H and O–H groups in total. The maximum atomic E-state index is 5.18. The molecule has 1 nitrogen and oxygen atoms in total. The normalized spacial score (nSPS) is 11.1. The number of fused-ring (bicyclic) bond motifs is 1. The predicted molar refractivity (Wildman–Crippen MR) is 220 cm³/mol. The first kappa shape index (κ1) is 31.2. The van der Waals surface area contributed by atoms with E-state index in [1.54, 1.807) is 0 Å². The summed E-state index contributed by atoms with van der Waals surface area (Å²) in [4.78, 5) is 5.18. The minimum absolute atomic E-state index is 0.961. The van der Waals surface area contributed by atoms with Gasteiger partial charge in [-0.2, -0.15) is 0 Å². The van der Waals surface area contributed by atoms with Gasteiger partial charge in [-0.15, -0.1) is 0 Å². The molecule has 0 saturated carbocycles. The second kappa shape index (κ2) is 13.8. The number of aromatic nitrogens is 1. The van der Waals surface area contributed by atoms with Crippen molar-refractivity contribution in [1.82, 2.24) is 4.98 Å². The van der Waals surface area contributed by atoms with E-state index < -0.39 is 0 Å². The van der Waals surface area contributed by atoms with Gasteiger partial charge < -0.3 is 0 Å². The van der Waals surface area contributed by atoms with Gasteiger partial charge in [-0.05, 0) is 109 Å². The molecule has 244 valence electrons. The quantitative estimate of drug-likeness (QED) is 0.166. The van der Waals surface area contributed by atoms with Crippen LogP contribution in [0.15, 0.2) is 212 Å². The topological polar surface area (TPSA) is 12.9 Å². The average molecular weight is 662 g/mol. The van der Waals surface area contributed by atoms with Gasteiger partial charge in [-0.1, -0.05) is 170 Å². The molecule has 0 aliphatic rings. The molecule has 0 spiro atoms. The Hall–Kier alpha value is -6.83. The van der Waals surface area contributed by atoms with Crippen LogP contribution in [0.1, 0.15) is 0 Å². The molecule has 9 aromatic rings. The van der Waals surface area contributed by atoms with E-state index in [2.05, 4.69) is 212 Å². The number of benzene rings is 8. The largest absolute Gasteiger partial charge is 0.248 e. The maximum Gasteiger partial charge on any atom is 0.0715 e. The first-order chi connectivity index (χ1) is 25.7. The van der Waals surface area contributed by atoms with Gasteiger partial charge in [0.25, 0.3) is 0 Å². The van der Waals surface area contributed by atoms with Gasteiger partial charge in [0.05, 0.1) is 11.4 Å². The van der Waals surface area contributed by atoms with E-state index in [-0.39, 0.29) is 0 Å². The molecule has 0 unspecified atom stereocenters. The molecule has 0 saturated heterocycles. The minimum atomic E-state index is 0.961. The second-order valence-corrected chi connectivity index (χ2v) is 13.2. The number of hydrogen-bond donors (Lipinski definition) is 0. The molecule has 52 heavy (non-hydrogen) atoms. The first-order valence-corrected chi connectivity index (χ1v) is 17.8. The van der Waals surface area contributed by atoms with Gasteiger partial charge in [-0.25, -0.2) is 4.98 Å². The number of pyridine rings is 1. The number of hydrogen-bond acceptors (Lipinski definition) is 1. The summed E-state index contributed by atoms with van der Waals surface area (Å²) in [5.41, 5.74) is 16.0. The van der Waals surface area contributed by atoms with Crippen molar-refractivity contribution in [3.05, 3.63) is 212 Å². The highest BCUT2D eigenvalue weighted by Gasteiger charge is 2.12. The summed E-state index contributed by atoms with van der Waals surface area (Å²) in [7, 11) is 0. The molecule has 1 heteroatoms. The van der Waals surface area contributed by atoms with Crippen molar-refractivity contribution in [3.8, 4) is 78.1 Å². The third kappa shape index (κ3) is 6.44. The monoisotopic (exact) mass is 661 g/mol. The molecule has 9 rings (SSSR count). The summed E-state index contributed by atoms with van der Waals surface area (Å²) in [6.45, 7) is 0. The lowest BCUT2D eigenvalue weighted by Gasteiger charge is -2.13. The standard InChI is InChI=1S/C51H35N/c1-3-13-36(14-4-1)40-19-9-20-41(29-40)42-21-10-22-43(30-42)44-23-11-24-45(31-44)46-25-12-26-47(32-46)49-34-50(38-16-5-2-6-17-38)52-51(35-49)48-28-27-37-15-7-8-18-39(37)33-48/h1-35H. The average Bonchev–Trinajstić information content (AvgIpc) is 3.24. The summed E-state index contributed by atoms with van der Waals surface area (Å²) in [6, 6.07) is 76.0. The molecule has 0 atom stereocenters. The zero-order valence-electron chi connectivity index (χ0n) is 28.7. The smallest absolute Gasteiger partial charge is 0.0715 e. The Morgan fingerprint density at radius 2 is 0.558 bits per heavy atom. The Labute approximate surface area is 305 Å². The molecule has 0 aliphatic heterocycles. The van der Waals surface area contributed by atoms with Crippen molar-refractivity contribution < 1.29 is 0 Å². The molecule has 0 amide bonds. The lowest BCUT2D eigenvalue weighted by molar-refractivity contribution is 1.32. The van der Waals surface area contributed by atoms with Gasteiger partial charge in [0.1, 0.15) is 0 Å². The van der Waals surface area contributed by atoms with E-state index in [1.165, 1.54) is 55.3 Å². The fraction of sp³-hybridized carbons (Fsp3) is 0. The molecular formula is C51H35N. The molecule has 1 aromatic heterocycles. The molecule has 0 aliphatic carbocycles. The van der Waals surface area contributed by atoms with Gasteiger partial charge in [0.2, 0.25) is 0 Å². The SMILES string of the molecule is c1ccc(-c2cccc(-c3cccc(-c4cccc(-c5cccc(-c6cc(-c7ccccc7)nc(-c7ccc8ccccc8c7)c6)c5)c4)c3)c2)cc1. The highest BCUT2D eigenvalue weighted by molar-refractivity contribution is 5.88. The van der Waals surface area contributed by atoms with Crippen LogP contribution in [0.3, 0.4) is 0 Å². The van der Waals surface area contributed by atoms with Crippen LogP contribution in [-0.2, 0) is 0 Å². The predicted octanol–water partition coefficient (Wildman–Crippen LogP) is 13.9. The van der Waals surface area contributed by atoms with Gasteiger partial charge in [0.15, 0.2) is 0 Å². The van der Waals surface area contributed by atoms with Crippen LogP contribution >= 0.6 is 0 Å². The minimum Gasteiger partial charge on any atom is -0.248 e. The fourth-order valence-electron chi connectivity index (χ4n) is 7.09. The van der Waals surface area contributed by atoms with Crippen LogP contribution < -0.4 is 0 Å². The molecule has 0 fully saturated rings. The second-order valence-electron chi connectivity index (χ2n) is 13.2. The van der Waals surface area contributed by atoms with Crippen molar-refractivity contribution in [3.63, 3.8) is 0 Å². The number of rotatable bonds is 7. The zero-order valence-corrected chi connectivity index (χ0v) is 28.7. The Morgan fingerprint density at radius 3 is 1.06 bits per heavy atom. The Morgan fingerprint density at radius 1 is 0.192 bits per heavy atom. The highest BCUT2D eigenvalue weighted by Crippen LogP contribution is 2.35. The molecule has 1 heterocycles. The molecule has 0 bridgehead atoms. The van der Waals surface area contributed by atoms with Crippen molar-refractivity contribution in [2.24, 2.45) is 0 Å². The van der Waals surface area contributed by atoms with E-state index in [4.69, 9.17) is 4.98 Å². The lowest BCUT2D eigenvalue weighted by atomic mass is 9.93. The van der Waals surface area contributed by atoms with Crippen molar-refractivity contribution >= 4 is 10.8 Å². The molecule has 8 aromatic carbocycles. The third-order valence-electron chi connectivity index (χ3n) is 9.83. The van der Waals surface area contributed by atoms with Crippen molar-refractivity contribution in [2.75, 3.05) is 0 Å². The highest BCUT2D eigenvalue weighted by atomic mass is 14.7. The van der Waals surface area contributed by atoms with Crippen LogP contribution in [0.5, 0.6) is 0 Å². The molecule has 0 radical (unpaired) electrons. The Kier molecular flexibility index (Phi) is 8.29. The Balaban J connectivity index is 1.07. The summed E-state index contributed by atoms with van der Waals surface area (Å²) in [6.07, 6.45) is 0. The van der Waals surface area contributed by atoms with Crippen LogP contribution in [0, 0.1) is 0 Å². The summed E-state index contributed by atoms with van der Waals surface area (Å²) in [5.74, 6) is 0.